The number of ether oxygens (including phenoxy) is 2. The Bertz CT molecular complexity index is 257. The first kappa shape index (κ1) is 15.9. The summed E-state index contributed by atoms with van der Waals surface area (Å²) in [6.45, 7) is 4.09. The molecule has 0 spiro atoms. The van der Waals surface area contributed by atoms with Crippen molar-refractivity contribution in [3.63, 3.8) is 0 Å². The summed E-state index contributed by atoms with van der Waals surface area (Å²) < 4.78 is 10.5. The smallest absolute Gasteiger partial charge is 0.222 e. The van der Waals surface area contributed by atoms with Crippen LogP contribution in [0.5, 0.6) is 0 Å². The summed E-state index contributed by atoms with van der Waals surface area (Å²) in [6.07, 6.45) is 3.09. The van der Waals surface area contributed by atoms with Crippen molar-refractivity contribution in [3.8, 4) is 0 Å². The molecule has 0 aromatic heterocycles. The van der Waals surface area contributed by atoms with Crippen LogP contribution < -0.4 is 0 Å². The lowest BCUT2D eigenvalue weighted by Crippen LogP contribution is -2.38. The number of carbonyl (C=O) groups is 1. The first-order valence-corrected chi connectivity index (χ1v) is 7.46. The molecule has 0 aromatic rings. The molecule has 1 saturated carbocycles. The average molecular weight is 322 g/mol. The lowest BCUT2D eigenvalue weighted by atomic mass is 9.80. The Labute approximate surface area is 118 Å². The van der Waals surface area contributed by atoms with E-state index < -0.39 is 0 Å². The van der Waals surface area contributed by atoms with Crippen molar-refractivity contribution in [2.75, 3.05) is 33.9 Å². The first-order chi connectivity index (χ1) is 8.56. The standard InChI is InChI=1S/C13H24BrNO3/c1-4-18-12-5-10(6-12)7-13(16)15(2)8-11(14)9-17-3/h10-12H,4-9H2,1-3H3. The highest BCUT2D eigenvalue weighted by atomic mass is 79.9. The number of amides is 1. The summed E-state index contributed by atoms with van der Waals surface area (Å²) in [6, 6.07) is 0. The molecule has 0 aromatic carbocycles. The molecule has 0 bridgehead atoms. The van der Waals surface area contributed by atoms with Crippen LogP contribution in [0.25, 0.3) is 0 Å². The van der Waals surface area contributed by atoms with Gasteiger partial charge in [-0.15, -0.1) is 0 Å². The van der Waals surface area contributed by atoms with Gasteiger partial charge in [0.1, 0.15) is 0 Å². The molecule has 1 aliphatic rings. The van der Waals surface area contributed by atoms with Gasteiger partial charge in [0, 0.05) is 33.7 Å². The fraction of sp³-hybridized carbons (Fsp3) is 0.923. The van der Waals surface area contributed by atoms with Crippen molar-refractivity contribution in [1.29, 1.82) is 0 Å². The van der Waals surface area contributed by atoms with Gasteiger partial charge in [-0.25, -0.2) is 0 Å². The van der Waals surface area contributed by atoms with Gasteiger partial charge in [-0.1, -0.05) is 15.9 Å². The van der Waals surface area contributed by atoms with E-state index in [1.54, 1.807) is 12.0 Å². The van der Waals surface area contributed by atoms with Crippen molar-refractivity contribution in [2.45, 2.75) is 37.1 Å². The molecule has 0 saturated heterocycles. The Morgan fingerprint density at radius 3 is 2.72 bits per heavy atom. The summed E-state index contributed by atoms with van der Waals surface area (Å²) in [4.78, 5) is 14.0. The van der Waals surface area contributed by atoms with E-state index in [9.17, 15) is 4.79 Å². The quantitative estimate of drug-likeness (QED) is 0.642. The van der Waals surface area contributed by atoms with Gasteiger partial charge in [0.25, 0.3) is 0 Å². The molecule has 4 nitrogen and oxygen atoms in total. The maximum absolute atomic E-state index is 12.0. The van der Waals surface area contributed by atoms with Crippen LogP contribution in [-0.4, -0.2) is 55.7 Å². The molecule has 1 atom stereocenters. The van der Waals surface area contributed by atoms with Crippen LogP contribution in [0.4, 0.5) is 0 Å². The minimum absolute atomic E-state index is 0.203. The summed E-state index contributed by atoms with van der Waals surface area (Å²) in [7, 11) is 3.52. The second-order valence-electron chi connectivity index (χ2n) is 4.95. The fourth-order valence-corrected chi connectivity index (χ4v) is 2.95. The van der Waals surface area contributed by atoms with Crippen LogP contribution in [0.15, 0.2) is 0 Å². The van der Waals surface area contributed by atoms with E-state index in [-0.39, 0.29) is 10.7 Å². The molecule has 5 heteroatoms. The first-order valence-electron chi connectivity index (χ1n) is 6.55. The van der Waals surface area contributed by atoms with E-state index in [1.165, 1.54) is 0 Å². The molecule has 1 amide bonds. The third-order valence-electron chi connectivity index (χ3n) is 3.30. The van der Waals surface area contributed by atoms with E-state index in [2.05, 4.69) is 15.9 Å². The zero-order valence-corrected chi connectivity index (χ0v) is 13.1. The molecule has 18 heavy (non-hydrogen) atoms. The molecule has 0 N–H and O–H groups in total. The van der Waals surface area contributed by atoms with Crippen molar-refractivity contribution >= 4 is 21.8 Å². The van der Waals surface area contributed by atoms with Crippen LogP contribution >= 0.6 is 15.9 Å². The van der Waals surface area contributed by atoms with Crippen molar-refractivity contribution < 1.29 is 14.3 Å². The van der Waals surface area contributed by atoms with Gasteiger partial charge in [-0.05, 0) is 25.7 Å². The summed E-state index contributed by atoms with van der Waals surface area (Å²) in [5.74, 6) is 0.725. The van der Waals surface area contributed by atoms with E-state index in [4.69, 9.17) is 9.47 Å². The van der Waals surface area contributed by atoms with Crippen molar-refractivity contribution in [1.82, 2.24) is 4.90 Å². The number of methoxy groups -OCH3 is 1. The Morgan fingerprint density at radius 1 is 1.50 bits per heavy atom. The Hall–Kier alpha value is -0.130. The average Bonchev–Trinajstić information content (AvgIpc) is 2.26. The van der Waals surface area contributed by atoms with Crippen LogP contribution in [0, 0.1) is 5.92 Å². The lowest BCUT2D eigenvalue weighted by Gasteiger charge is -2.35. The topological polar surface area (TPSA) is 38.8 Å². The highest BCUT2D eigenvalue weighted by Gasteiger charge is 2.31. The van der Waals surface area contributed by atoms with Crippen LogP contribution in [0.1, 0.15) is 26.2 Å². The van der Waals surface area contributed by atoms with Gasteiger partial charge in [0.2, 0.25) is 5.91 Å². The Morgan fingerprint density at radius 2 is 2.17 bits per heavy atom. The van der Waals surface area contributed by atoms with Gasteiger partial charge < -0.3 is 14.4 Å². The van der Waals surface area contributed by atoms with E-state index in [1.807, 2.05) is 14.0 Å². The van der Waals surface area contributed by atoms with Crippen molar-refractivity contribution in [3.05, 3.63) is 0 Å². The largest absolute Gasteiger partial charge is 0.383 e. The van der Waals surface area contributed by atoms with E-state index in [0.29, 0.717) is 31.6 Å². The third-order valence-corrected chi connectivity index (χ3v) is 3.86. The lowest BCUT2D eigenvalue weighted by molar-refractivity contribution is -0.133. The number of nitrogens with zero attached hydrogens (tertiary/aromatic N) is 1. The Kier molecular flexibility index (Phi) is 7.19. The van der Waals surface area contributed by atoms with Crippen LogP contribution in [0.3, 0.4) is 0 Å². The highest BCUT2D eigenvalue weighted by Crippen LogP contribution is 2.33. The Balaban J connectivity index is 2.17. The monoisotopic (exact) mass is 321 g/mol. The second-order valence-corrected chi connectivity index (χ2v) is 6.24. The normalized spacial score (nSPS) is 24.4. The molecular formula is C13H24BrNO3. The zero-order valence-electron chi connectivity index (χ0n) is 11.5. The van der Waals surface area contributed by atoms with Gasteiger partial charge in [-0.3, -0.25) is 4.79 Å². The number of halogens is 1. The van der Waals surface area contributed by atoms with Gasteiger partial charge in [0.05, 0.1) is 17.5 Å². The highest BCUT2D eigenvalue weighted by molar-refractivity contribution is 9.09. The maximum Gasteiger partial charge on any atom is 0.222 e. The van der Waals surface area contributed by atoms with E-state index in [0.717, 1.165) is 19.4 Å². The van der Waals surface area contributed by atoms with Crippen LogP contribution in [0.2, 0.25) is 0 Å². The summed E-state index contributed by atoms with van der Waals surface area (Å²) >= 11 is 3.50. The van der Waals surface area contributed by atoms with Crippen LogP contribution in [-0.2, 0) is 14.3 Å². The predicted molar refractivity (Wildman–Crippen MR) is 75.0 cm³/mol. The van der Waals surface area contributed by atoms with Gasteiger partial charge in [0.15, 0.2) is 0 Å². The third kappa shape index (κ3) is 5.24. The minimum atomic E-state index is 0.203. The molecule has 106 valence electrons. The fourth-order valence-electron chi connectivity index (χ4n) is 2.25. The summed E-state index contributed by atoms with van der Waals surface area (Å²) in [5, 5.41) is 0. The minimum Gasteiger partial charge on any atom is -0.383 e. The molecule has 0 aliphatic heterocycles. The molecule has 1 aliphatic carbocycles. The molecule has 1 rings (SSSR count). The van der Waals surface area contributed by atoms with E-state index >= 15 is 0 Å². The second kappa shape index (κ2) is 8.12. The summed E-state index contributed by atoms with van der Waals surface area (Å²) in [5.41, 5.74) is 0. The predicted octanol–water partition coefficient (Wildman–Crippen LogP) is 2.06. The maximum atomic E-state index is 12.0. The number of alkyl halides is 1. The molecule has 0 radical (unpaired) electrons. The van der Waals surface area contributed by atoms with Gasteiger partial charge >= 0.3 is 0 Å². The van der Waals surface area contributed by atoms with Gasteiger partial charge in [-0.2, -0.15) is 0 Å². The molecular weight excluding hydrogens is 298 g/mol. The number of hydrogen-bond donors (Lipinski definition) is 0. The molecule has 1 unspecified atom stereocenters. The molecule has 1 fully saturated rings. The number of carbonyl (C=O) groups excluding carboxylic acids is 1. The SMILES string of the molecule is CCOC1CC(CC(=O)N(C)CC(Br)COC)C1. The number of rotatable bonds is 8. The van der Waals surface area contributed by atoms with Crippen molar-refractivity contribution in [2.24, 2.45) is 5.92 Å². The number of hydrogen-bond acceptors (Lipinski definition) is 3. The zero-order chi connectivity index (χ0) is 13.5. The molecule has 0 heterocycles.